The van der Waals surface area contributed by atoms with Gasteiger partial charge in [-0.3, -0.25) is 4.79 Å². The predicted molar refractivity (Wildman–Crippen MR) is 88.3 cm³/mol. The monoisotopic (exact) mass is 298 g/mol. The standard InChI is InChI=1S/C16H34N4O/c1-6-9-18-16(3,15(17)21)11-13(2)20(5)12-14-8-7-10-19(14)4/h13-14,18H,6-12H2,1-5H3,(H2,17,21). The van der Waals surface area contributed by atoms with Crippen LogP contribution in [0.25, 0.3) is 0 Å². The second-order valence-corrected chi connectivity index (χ2v) is 6.89. The topological polar surface area (TPSA) is 61.6 Å². The van der Waals surface area contributed by atoms with E-state index in [1.165, 1.54) is 19.4 Å². The summed E-state index contributed by atoms with van der Waals surface area (Å²) in [6.07, 6.45) is 4.31. The van der Waals surface area contributed by atoms with Gasteiger partial charge >= 0.3 is 0 Å². The lowest BCUT2D eigenvalue weighted by Crippen LogP contribution is -2.56. The van der Waals surface area contributed by atoms with Crippen molar-refractivity contribution in [2.45, 2.75) is 64.1 Å². The number of primary amides is 1. The Bertz CT molecular complexity index is 336. The fourth-order valence-corrected chi connectivity index (χ4v) is 3.13. The summed E-state index contributed by atoms with van der Waals surface area (Å²) < 4.78 is 0. The maximum Gasteiger partial charge on any atom is 0.237 e. The lowest BCUT2D eigenvalue weighted by atomic mass is 9.91. The van der Waals surface area contributed by atoms with E-state index >= 15 is 0 Å². The van der Waals surface area contributed by atoms with Crippen LogP contribution >= 0.6 is 0 Å². The molecule has 1 saturated heterocycles. The number of nitrogens with one attached hydrogen (secondary N) is 1. The molecule has 0 aromatic heterocycles. The first-order chi connectivity index (χ1) is 9.80. The Hall–Kier alpha value is -0.650. The Kier molecular flexibility index (Phi) is 7.10. The van der Waals surface area contributed by atoms with Crippen LogP contribution < -0.4 is 11.1 Å². The zero-order chi connectivity index (χ0) is 16.0. The van der Waals surface area contributed by atoms with Gasteiger partial charge in [0.2, 0.25) is 5.91 Å². The van der Waals surface area contributed by atoms with E-state index in [1.54, 1.807) is 0 Å². The average molecular weight is 298 g/mol. The van der Waals surface area contributed by atoms with Crippen molar-refractivity contribution in [3.8, 4) is 0 Å². The third-order valence-corrected chi connectivity index (χ3v) is 4.94. The molecule has 1 amide bonds. The first-order valence-corrected chi connectivity index (χ1v) is 8.25. The van der Waals surface area contributed by atoms with Crippen LogP contribution in [0.4, 0.5) is 0 Å². The second-order valence-electron chi connectivity index (χ2n) is 6.89. The van der Waals surface area contributed by atoms with Gasteiger partial charge in [-0.1, -0.05) is 6.92 Å². The first kappa shape index (κ1) is 18.4. The third-order valence-electron chi connectivity index (χ3n) is 4.94. The van der Waals surface area contributed by atoms with Crippen molar-refractivity contribution in [2.75, 3.05) is 33.7 Å². The van der Waals surface area contributed by atoms with Crippen molar-refractivity contribution in [3.05, 3.63) is 0 Å². The van der Waals surface area contributed by atoms with Crippen molar-refractivity contribution in [3.63, 3.8) is 0 Å². The number of amides is 1. The third kappa shape index (κ3) is 5.24. The number of nitrogens with zero attached hydrogens (tertiary/aromatic N) is 2. The zero-order valence-corrected chi connectivity index (χ0v) is 14.5. The van der Waals surface area contributed by atoms with Gasteiger partial charge in [-0.25, -0.2) is 0 Å². The van der Waals surface area contributed by atoms with Crippen molar-refractivity contribution in [1.82, 2.24) is 15.1 Å². The normalized spacial score (nSPS) is 24.2. The molecule has 0 saturated carbocycles. The van der Waals surface area contributed by atoms with Gasteiger partial charge in [-0.15, -0.1) is 0 Å². The molecular weight excluding hydrogens is 264 g/mol. The van der Waals surface area contributed by atoms with E-state index < -0.39 is 5.54 Å². The predicted octanol–water partition coefficient (Wildman–Crippen LogP) is 1.03. The summed E-state index contributed by atoms with van der Waals surface area (Å²) in [6, 6.07) is 0.960. The number of likely N-dealkylation sites (tertiary alicyclic amines) is 1. The molecule has 5 nitrogen and oxygen atoms in total. The number of hydrogen-bond donors (Lipinski definition) is 2. The van der Waals surface area contributed by atoms with Crippen molar-refractivity contribution < 1.29 is 4.79 Å². The number of nitrogens with two attached hydrogens (primary N) is 1. The molecule has 0 aliphatic carbocycles. The molecule has 1 rings (SSSR count). The lowest BCUT2D eigenvalue weighted by molar-refractivity contribution is -0.124. The molecular formula is C16H34N4O. The van der Waals surface area contributed by atoms with Crippen LogP contribution in [-0.4, -0.2) is 67.1 Å². The number of likely N-dealkylation sites (N-methyl/N-ethyl adjacent to an activating group) is 2. The van der Waals surface area contributed by atoms with Gasteiger partial charge in [0.15, 0.2) is 0 Å². The molecule has 3 atom stereocenters. The van der Waals surface area contributed by atoms with Crippen LogP contribution in [0.1, 0.15) is 46.5 Å². The van der Waals surface area contributed by atoms with E-state index in [0.717, 1.165) is 25.9 Å². The minimum Gasteiger partial charge on any atom is -0.368 e. The SMILES string of the molecule is CCCNC(C)(CC(C)N(C)CC1CCCN1C)C(N)=O. The van der Waals surface area contributed by atoms with E-state index in [2.05, 4.69) is 43.1 Å². The Morgan fingerprint density at radius 2 is 2.24 bits per heavy atom. The minimum absolute atomic E-state index is 0.255. The van der Waals surface area contributed by atoms with Gasteiger partial charge in [0, 0.05) is 18.6 Å². The van der Waals surface area contributed by atoms with Crippen LogP contribution in [0.2, 0.25) is 0 Å². The maximum absolute atomic E-state index is 11.8. The molecule has 0 aromatic rings. The lowest BCUT2D eigenvalue weighted by Gasteiger charge is -2.36. The van der Waals surface area contributed by atoms with Crippen molar-refractivity contribution >= 4 is 5.91 Å². The highest BCUT2D eigenvalue weighted by Gasteiger charge is 2.34. The van der Waals surface area contributed by atoms with Crippen LogP contribution in [-0.2, 0) is 4.79 Å². The molecule has 0 spiro atoms. The summed E-state index contributed by atoms with van der Waals surface area (Å²) in [5.41, 5.74) is 5.00. The van der Waals surface area contributed by atoms with Gasteiger partial charge in [0.25, 0.3) is 0 Å². The molecule has 0 bridgehead atoms. The molecule has 21 heavy (non-hydrogen) atoms. The summed E-state index contributed by atoms with van der Waals surface area (Å²) in [5.74, 6) is -0.255. The Labute approximate surface area is 130 Å². The van der Waals surface area contributed by atoms with Gasteiger partial charge in [0.05, 0.1) is 5.54 Å². The fraction of sp³-hybridized carbons (Fsp3) is 0.938. The molecule has 3 unspecified atom stereocenters. The number of carbonyl (C=O) groups excluding carboxylic acids is 1. The van der Waals surface area contributed by atoms with Crippen LogP contribution in [0, 0.1) is 0 Å². The minimum atomic E-state index is -0.620. The van der Waals surface area contributed by atoms with Gasteiger partial charge in [0.1, 0.15) is 0 Å². The number of carbonyl (C=O) groups is 1. The van der Waals surface area contributed by atoms with Crippen LogP contribution in [0.5, 0.6) is 0 Å². The molecule has 1 heterocycles. The van der Waals surface area contributed by atoms with Gasteiger partial charge < -0.3 is 20.9 Å². The molecule has 0 radical (unpaired) electrons. The molecule has 1 fully saturated rings. The summed E-state index contributed by atoms with van der Waals surface area (Å²) >= 11 is 0. The summed E-state index contributed by atoms with van der Waals surface area (Å²) in [4.78, 5) is 16.6. The Balaban J connectivity index is 2.55. The molecule has 3 N–H and O–H groups in total. The van der Waals surface area contributed by atoms with E-state index in [0.29, 0.717) is 12.1 Å². The summed E-state index contributed by atoms with van der Waals surface area (Å²) in [6.45, 7) is 9.28. The average Bonchev–Trinajstić information content (AvgIpc) is 2.81. The number of rotatable bonds is 9. The van der Waals surface area contributed by atoms with E-state index in [-0.39, 0.29) is 5.91 Å². The molecule has 1 aliphatic heterocycles. The second kappa shape index (κ2) is 8.11. The van der Waals surface area contributed by atoms with Gasteiger partial charge in [-0.2, -0.15) is 0 Å². The quantitative estimate of drug-likeness (QED) is 0.667. The van der Waals surface area contributed by atoms with Crippen LogP contribution in [0.3, 0.4) is 0 Å². The van der Waals surface area contributed by atoms with E-state index in [1.807, 2.05) is 6.92 Å². The fourth-order valence-electron chi connectivity index (χ4n) is 3.13. The highest BCUT2D eigenvalue weighted by atomic mass is 16.1. The Morgan fingerprint density at radius 1 is 1.57 bits per heavy atom. The maximum atomic E-state index is 11.8. The summed E-state index contributed by atoms with van der Waals surface area (Å²) in [7, 11) is 4.35. The summed E-state index contributed by atoms with van der Waals surface area (Å²) in [5, 5.41) is 3.32. The van der Waals surface area contributed by atoms with Crippen molar-refractivity contribution in [2.24, 2.45) is 5.73 Å². The zero-order valence-electron chi connectivity index (χ0n) is 14.5. The highest BCUT2D eigenvalue weighted by Crippen LogP contribution is 2.20. The molecule has 0 aromatic carbocycles. The first-order valence-electron chi connectivity index (χ1n) is 8.25. The van der Waals surface area contributed by atoms with Crippen LogP contribution in [0.15, 0.2) is 0 Å². The molecule has 124 valence electrons. The molecule has 1 aliphatic rings. The van der Waals surface area contributed by atoms with E-state index in [9.17, 15) is 4.79 Å². The number of hydrogen-bond acceptors (Lipinski definition) is 4. The van der Waals surface area contributed by atoms with Crippen molar-refractivity contribution in [1.29, 1.82) is 0 Å². The highest BCUT2D eigenvalue weighted by molar-refractivity contribution is 5.84. The van der Waals surface area contributed by atoms with Gasteiger partial charge in [-0.05, 0) is 66.7 Å². The molecule has 5 heteroatoms. The Morgan fingerprint density at radius 3 is 2.71 bits per heavy atom. The largest absolute Gasteiger partial charge is 0.368 e. The van der Waals surface area contributed by atoms with E-state index in [4.69, 9.17) is 5.73 Å². The smallest absolute Gasteiger partial charge is 0.237 e.